The van der Waals surface area contributed by atoms with E-state index in [1.54, 1.807) is 0 Å². The van der Waals surface area contributed by atoms with Gasteiger partial charge in [0, 0.05) is 34.7 Å². The van der Waals surface area contributed by atoms with E-state index in [4.69, 9.17) is 0 Å². The lowest BCUT2D eigenvalue weighted by molar-refractivity contribution is 1.15. The second-order valence-corrected chi connectivity index (χ2v) is 5.56. The number of aromatic nitrogens is 2. The molecule has 0 saturated heterocycles. The average molecular weight is 299 g/mol. The van der Waals surface area contributed by atoms with Gasteiger partial charge in [-0.3, -0.25) is 4.90 Å². The summed E-state index contributed by atoms with van der Waals surface area (Å²) in [5, 5.41) is 1.19. The molecule has 0 radical (unpaired) electrons. The van der Waals surface area contributed by atoms with Crippen LogP contribution >= 0.6 is 0 Å². The molecule has 1 N–H and O–H groups in total. The molecule has 0 saturated carbocycles. The van der Waals surface area contributed by atoms with E-state index < -0.39 is 0 Å². The van der Waals surface area contributed by atoms with Gasteiger partial charge in [-0.05, 0) is 55.0 Å². The Balaban J connectivity index is 1.93. The molecule has 23 heavy (non-hydrogen) atoms. The Hall–Kier alpha value is -3.07. The Morgan fingerprint density at radius 3 is 2.57 bits per heavy atom. The van der Waals surface area contributed by atoms with E-state index in [0.717, 1.165) is 28.3 Å². The maximum Gasteiger partial charge on any atom is 0.140 e. The molecule has 2 aromatic carbocycles. The fraction of sp³-hybridized carbons (Fsp3) is 0.0500. The van der Waals surface area contributed by atoms with Gasteiger partial charge in [0.15, 0.2) is 0 Å². The third kappa shape index (κ3) is 2.46. The summed E-state index contributed by atoms with van der Waals surface area (Å²) >= 11 is 0. The van der Waals surface area contributed by atoms with Crippen molar-refractivity contribution in [3.05, 3.63) is 84.7 Å². The molecule has 0 aliphatic rings. The highest BCUT2D eigenvalue weighted by atomic mass is 15.2. The van der Waals surface area contributed by atoms with Gasteiger partial charge in [0.1, 0.15) is 5.82 Å². The molecule has 3 heteroatoms. The fourth-order valence-electron chi connectivity index (χ4n) is 2.86. The molecule has 0 fully saturated rings. The molecule has 3 nitrogen and oxygen atoms in total. The normalized spacial score (nSPS) is 10.8. The molecule has 2 aromatic heterocycles. The Morgan fingerprint density at radius 1 is 0.870 bits per heavy atom. The number of anilines is 3. The summed E-state index contributed by atoms with van der Waals surface area (Å²) in [7, 11) is 0. The quantitative estimate of drug-likeness (QED) is 0.553. The molecule has 0 bridgehead atoms. The van der Waals surface area contributed by atoms with Crippen molar-refractivity contribution in [2.45, 2.75) is 6.92 Å². The maximum absolute atomic E-state index is 4.62. The van der Waals surface area contributed by atoms with Crippen LogP contribution < -0.4 is 4.90 Å². The van der Waals surface area contributed by atoms with Crippen LogP contribution in [0.5, 0.6) is 0 Å². The minimum atomic E-state index is 0.952. The van der Waals surface area contributed by atoms with Crippen molar-refractivity contribution >= 4 is 28.1 Å². The van der Waals surface area contributed by atoms with Crippen molar-refractivity contribution in [1.29, 1.82) is 0 Å². The molecule has 0 spiro atoms. The molecule has 0 atom stereocenters. The number of para-hydroxylation sites is 1. The number of aryl methyl sites for hydroxylation is 1. The number of hydrogen-bond donors (Lipinski definition) is 1. The van der Waals surface area contributed by atoms with Gasteiger partial charge < -0.3 is 4.98 Å². The number of benzene rings is 2. The highest BCUT2D eigenvalue weighted by Crippen LogP contribution is 2.35. The van der Waals surface area contributed by atoms with E-state index in [0.29, 0.717) is 0 Å². The zero-order chi connectivity index (χ0) is 15.6. The third-order valence-electron chi connectivity index (χ3n) is 4.00. The summed E-state index contributed by atoms with van der Waals surface area (Å²) in [5.41, 5.74) is 4.49. The van der Waals surface area contributed by atoms with Gasteiger partial charge in [-0.1, -0.05) is 24.3 Å². The Kier molecular flexibility index (Phi) is 3.31. The third-order valence-corrected chi connectivity index (χ3v) is 4.00. The topological polar surface area (TPSA) is 31.9 Å². The molecular formula is C20H17N3. The van der Waals surface area contributed by atoms with E-state index in [-0.39, 0.29) is 0 Å². The minimum Gasteiger partial charge on any atom is -0.361 e. The second kappa shape index (κ2) is 5.61. The van der Waals surface area contributed by atoms with Crippen LogP contribution in [0.25, 0.3) is 10.9 Å². The standard InChI is InChI=1S/C20H17N3/c1-15-6-5-12-22-20(15)23(17-7-3-2-4-8-17)18-9-10-19-16(14-18)11-13-21-19/h2-14,21H,1H3. The first-order valence-electron chi connectivity index (χ1n) is 7.67. The Morgan fingerprint density at radius 2 is 1.74 bits per heavy atom. The largest absolute Gasteiger partial charge is 0.361 e. The van der Waals surface area contributed by atoms with Gasteiger partial charge in [0.25, 0.3) is 0 Å². The highest BCUT2D eigenvalue weighted by Gasteiger charge is 2.15. The van der Waals surface area contributed by atoms with Crippen LogP contribution in [0, 0.1) is 6.92 Å². The van der Waals surface area contributed by atoms with Crippen LogP contribution in [0.2, 0.25) is 0 Å². The second-order valence-electron chi connectivity index (χ2n) is 5.56. The monoisotopic (exact) mass is 299 g/mol. The summed E-state index contributed by atoms with van der Waals surface area (Å²) in [6.07, 6.45) is 3.81. The number of hydrogen-bond acceptors (Lipinski definition) is 2. The first-order chi connectivity index (χ1) is 11.3. The van der Waals surface area contributed by atoms with Crippen LogP contribution in [-0.4, -0.2) is 9.97 Å². The molecule has 0 aliphatic heterocycles. The van der Waals surface area contributed by atoms with E-state index >= 15 is 0 Å². The smallest absolute Gasteiger partial charge is 0.140 e. The summed E-state index contributed by atoms with van der Waals surface area (Å²) in [5.74, 6) is 0.952. The van der Waals surface area contributed by atoms with Crippen LogP contribution in [0.1, 0.15) is 5.56 Å². The van der Waals surface area contributed by atoms with Crippen molar-refractivity contribution in [2.75, 3.05) is 4.90 Å². The lowest BCUT2D eigenvalue weighted by Crippen LogP contribution is -2.12. The van der Waals surface area contributed by atoms with Crippen molar-refractivity contribution in [3.8, 4) is 0 Å². The van der Waals surface area contributed by atoms with Gasteiger partial charge >= 0.3 is 0 Å². The summed E-state index contributed by atoms with van der Waals surface area (Å²) in [4.78, 5) is 10.1. The van der Waals surface area contributed by atoms with E-state index in [2.05, 4.69) is 76.4 Å². The van der Waals surface area contributed by atoms with Gasteiger partial charge in [-0.15, -0.1) is 0 Å². The number of nitrogens with zero attached hydrogens (tertiary/aromatic N) is 2. The fourth-order valence-corrected chi connectivity index (χ4v) is 2.86. The molecular weight excluding hydrogens is 282 g/mol. The number of fused-ring (bicyclic) bond motifs is 1. The lowest BCUT2D eigenvalue weighted by Gasteiger charge is -2.25. The van der Waals surface area contributed by atoms with Crippen molar-refractivity contribution in [3.63, 3.8) is 0 Å². The molecule has 4 rings (SSSR count). The SMILES string of the molecule is Cc1cccnc1N(c1ccccc1)c1ccc2[nH]ccc2c1. The van der Waals surface area contributed by atoms with Crippen molar-refractivity contribution in [2.24, 2.45) is 0 Å². The molecule has 112 valence electrons. The first-order valence-corrected chi connectivity index (χ1v) is 7.67. The van der Waals surface area contributed by atoms with Gasteiger partial charge in [0.2, 0.25) is 0 Å². The molecule has 4 aromatic rings. The van der Waals surface area contributed by atoms with E-state index in [9.17, 15) is 0 Å². The predicted molar refractivity (Wildman–Crippen MR) is 95.5 cm³/mol. The molecule has 2 heterocycles. The summed E-state index contributed by atoms with van der Waals surface area (Å²) in [6.45, 7) is 2.09. The van der Waals surface area contributed by atoms with Crippen molar-refractivity contribution in [1.82, 2.24) is 9.97 Å². The van der Waals surface area contributed by atoms with Crippen molar-refractivity contribution < 1.29 is 0 Å². The zero-order valence-electron chi connectivity index (χ0n) is 12.9. The van der Waals surface area contributed by atoms with Gasteiger partial charge in [0.05, 0.1) is 0 Å². The summed E-state index contributed by atoms with van der Waals surface area (Å²) in [6, 6.07) is 22.9. The van der Waals surface area contributed by atoms with Crippen LogP contribution in [0.15, 0.2) is 79.1 Å². The molecule has 0 amide bonds. The van der Waals surface area contributed by atoms with E-state index in [1.807, 2.05) is 24.5 Å². The van der Waals surface area contributed by atoms with E-state index in [1.165, 1.54) is 5.39 Å². The number of nitrogens with one attached hydrogen (secondary N) is 1. The van der Waals surface area contributed by atoms with Crippen LogP contribution in [0.4, 0.5) is 17.2 Å². The first kappa shape index (κ1) is 13.6. The minimum absolute atomic E-state index is 0.952. The average Bonchev–Trinajstić information content (AvgIpc) is 3.06. The van der Waals surface area contributed by atoms with Gasteiger partial charge in [-0.2, -0.15) is 0 Å². The number of rotatable bonds is 3. The highest BCUT2D eigenvalue weighted by molar-refractivity contribution is 5.87. The number of H-pyrrole nitrogens is 1. The van der Waals surface area contributed by atoms with Gasteiger partial charge in [-0.25, -0.2) is 4.98 Å². The Labute approximate surface area is 135 Å². The summed E-state index contributed by atoms with van der Waals surface area (Å²) < 4.78 is 0. The maximum atomic E-state index is 4.62. The Bertz CT molecular complexity index is 941. The molecule has 0 unspecified atom stereocenters. The number of aromatic amines is 1. The number of pyridine rings is 1. The zero-order valence-corrected chi connectivity index (χ0v) is 12.9. The van der Waals surface area contributed by atoms with Crippen LogP contribution in [0.3, 0.4) is 0 Å². The molecule has 0 aliphatic carbocycles. The predicted octanol–water partition coefficient (Wildman–Crippen LogP) is 5.34. The lowest BCUT2D eigenvalue weighted by atomic mass is 10.1. The van der Waals surface area contributed by atoms with Crippen LogP contribution in [-0.2, 0) is 0 Å².